The van der Waals surface area contributed by atoms with Gasteiger partial charge in [0.15, 0.2) is 6.61 Å². The van der Waals surface area contributed by atoms with Crippen LogP contribution in [0.4, 0.5) is 4.39 Å². The standard InChI is InChI=1S/C21H22FNO4S/c1-5-23-12(2)9-14(13(23)3)17(24)11-27-21(25)20-15(10-26-4)19-16(22)7-6-8-18(19)28-20/h6-9H,5,10-11H2,1-4H3. The zero-order chi connectivity index (χ0) is 20.4. The summed E-state index contributed by atoms with van der Waals surface area (Å²) in [6, 6.07) is 6.48. The third-order valence-corrected chi connectivity index (χ3v) is 5.94. The van der Waals surface area contributed by atoms with Crippen molar-refractivity contribution in [1.82, 2.24) is 4.57 Å². The molecule has 0 aliphatic carbocycles. The van der Waals surface area contributed by atoms with E-state index >= 15 is 0 Å². The largest absolute Gasteiger partial charge is 0.453 e. The number of benzene rings is 1. The minimum atomic E-state index is -0.648. The van der Waals surface area contributed by atoms with Gasteiger partial charge < -0.3 is 14.0 Å². The molecule has 0 spiro atoms. The number of methoxy groups -OCH3 is 1. The van der Waals surface area contributed by atoms with Crippen LogP contribution in [0.1, 0.15) is 43.9 Å². The van der Waals surface area contributed by atoms with Crippen LogP contribution in [0, 0.1) is 19.7 Å². The molecule has 0 fully saturated rings. The Kier molecular flexibility index (Phi) is 5.96. The predicted molar refractivity (Wildman–Crippen MR) is 107 cm³/mol. The van der Waals surface area contributed by atoms with Gasteiger partial charge in [-0.2, -0.15) is 0 Å². The summed E-state index contributed by atoms with van der Waals surface area (Å²) < 4.78 is 27.3. The minimum absolute atomic E-state index is 0.0803. The molecule has 0 saturated heterocycles. The summed E-state index contributed by atoms with van der Waals surface area (Å²) >= 11 is 1.14. The van der Waals surface area contributed by atoms with Gasteiger partial charge in [-0.1, -0.05) is 6.07 Å². The average Bonchev–Trinajstić information content (AvgIpc) is 3.18. The zero-order valence-corrected chi connectivity index (χ0v) is 17.1. The van der Waals surface area contributed by atoms with Crippen molar-refractivity contribution in [3.63, 3.8) is 0 Å². The van der Waals surface area contributed by atoms with E-state index in [0.717, 1.165) is 29.3 Å². The second-order valence-electron chi connectivity index (χ2n) is 6.48. The van der Waals surface area contributed by atoms with Crippen LogP contribution in [-0.4, -0.2) is 30.0 Å². The number of ketones is 1. The predicted octanol–water partition coefficient (Wildman–Crippen LogP) is 4.66. The molecule has 3 rings (SSSR count). The van der Waals surface area contributed by atoms with Gasteiger partial charge in [-0.25, -0.2) is 9.18 Å². The van der Waals surface area contributed by atoms with Gasteiger partial charge in [0.1, 0.15) is 10.7 Å². The van der Waals surface area contributed by atoms with Crippen LogP contribution in [-0.2, 0) is 22.6 Å². The smallest absolute Gasteiger partial charge is 0.349 e. The molecule has 0 N–H and O–H groups in total. The fraction of sp³-hybridized carbons (Fsp3) is 0.333. The summed E-state index contributed by atoms with van der Waals surface area (Å²) in [5.41, 5.74) is 2.83. The van der Waals surface area contributed by atoms with E-state index in [1.165, 1.54) is 13.2 Å². The number of hydrogen-bond donors (Lipinski definition) is 0. The molecule has 0 unspecified atom stereocenters. The van der Waals surface area contributed by atoms with Crippen molar-refractivity contribution in [1.29, 1.82) is 0 Å². The topological polar surface area (TPSA) is 57.5 Å². The van der Waals surface area contributed by atoms with Crippen LogP contribution >= 0.6 is 11.3 Å². The van der Waals surface area contributed by atoms with E-state index in [9.17, 15) is 14.0 Å². The van der Waals surface area contributed by atoms with Crippen molar-refractivity contribution in [2.75, 3.05) is 13.7 Å². The molecule has 0 radical (unpaired) electrons. The highest BCUT2D eigenvalue weighted by Gasteiger charge is 2.23. The van der Waals surface area contributed by atoms with E-state index in [2.05, 4.69) is 0 Å². The van der Waals surface area contributed by atoms with Crippen LogP contribution < -0.4 is 0 Å². The molecule has 0 atom stereocenters. The molecule has 0 aliphatic rings. The fourth-order valence-electron chi connectivity index (χ4n) is 3.46. The Morgan fingerprint density at radius 3 is 2.64 bits per heavy atom. The van der Waals surface area contributed by atoms with Gasteiger partial charge in [-0.05, 0) is 39.0 Å². The summed E-state index contributed by atoms with van der Waals surface area (Å²) in [7, 11) is 1.48. The lowest BCUT2D eigenvalue weighted by atomic mass is 10.1. The van der Waals surface area contributed by atoms with Crippen molar-refractivity contribution >= 4 is 33.2 Å². The number of thiophene rings is 1. The van der Waals surface area contributed by atoms with Gasteiger partial charge in [0.05, 0.1) is 6.61 Å². The van der Waals surface area contributed by atoms with Crippen molar-refractivity contribution < 1.29 is 23.5 Å². The highest BCUT2D eigenvalue weighted by Crippen LogP contribution is 2.34. The molecule has 0 aliphatic heterocycles. The monoisotopic (exact) mass is 403 g/mol. The van der Waals surface area contributed by atoms with Crippen LogP contribution in [0.3, 0.4) is 0 Å². The van der Waals surface area contributed by atoms with Gasteiger partial charge in [0.2, 0.25) is 5.78 Å². The number of aromatic nitrogens is 1. The second-order valence-corrected chi connectivity index (χ2v) is 7.54. The molecular weight excluding hydrogens is 381 g/mol. The third kappa shape index (κ3) is 3.59. The highest BCUT2D eigenvalue weighted by atomic mass is 32.1. The first-order chi connectivity index (χ1) is 13.4. The number of nitrogens with zero attached hydrogens (tertiary/aromatic N) is 1. The number of hydrogen-bond acceptors (Lipinski definition) is 5. The lowest BCUT2D eigenvalue weighted by Crippen LogP contribution is -2.15. The lowest BCUT2D eigenvalue weighted by molar-refractivity contribution is 0.0476. The maximum absolute atomic E-state index is 14.2. The Morgan fingerprint density at radius 1 is 1.25 bits per heavy atom. The Balaban J connectivity index is 1.83. The molecule has 28 heavy (non-hydrogen) atoms. The van der Waals surface area contributed by atoms with Crippen LogP contribution in [0.15, 0.2) is 24.3 Å². The number of rotatable bonds is 7. The first-order valence-electron chi connectivity index (χ1n) is 8.94. The fourth-order valence-corrected chi connectivity index (χ4v) is 4.57. The van der Waals surface area contributed by atoms with Gasteiger partial charge >= 0.3 is 5.97 Å². The van der Waals surface area contributed by atoms with E-state index in [-0.39, 0.29) is 23.9 Å². The maximum Gasteiger partial charge on any atom is 0.349 e. The van der Waals surface area contributed by atoms with Gasteiger partial charge in [-0.15, -0.1) is 11.3 Å². The lowest BCUT2D eigenvalue weighted by Gasteiger charge is -2.07. The Labute approximate surface area is 166 Å². The molecule has 5 nitrogen and oxygen atoms in total. The van der Waals surface area contributed by atoms with Crippen molar-refractivity contribution in [3.8, 4) is 0 Å². The Morgan fingerprint density at radius 2 is 2.00 bits per heavy atom. The van der Waals surface area contributed by atoms with Gasteiger partial charge in [0.25, 0.3) is 0 Å². The van der Waals surface area contributed by atoms with Crippen molar-refractivity contribution in [2.45, 2.75) is 33.9 Å². The number of halogens is 1. The summed E-state index contributed by atoms with van der Waals surface area (Å²) in [5.74, 6) is -1.32. The van der Waals surface area contributed by atoms with E-state index in [0.29, 0.717) is 21.2 Å². The van der Waals surface area contributed by atoms with Crippen molar-refractivity contribution in [2.24, 2.45) is 0 Å². The second kappa shape index (κ2) is 8.24. The van der Waals surface area contributed by atoms with Crippen LogP contribution in [0.5, 0.6) is 0 Å². The van der Waals surface area contributed by atoms with E-state index in [1.54, 1.807) is 18.2 Å². The van der Waals surface area contributed by atoms with Crippen LogP contribution in [0.25, 0.3) is 10.1 Å². The SMILES string of the molecule is CCn1c(C)cc(C(=O)COC(=O)c2sc3cccc(F)c3c2COC)c1C. The normalized spacial score (nSPS) is 11.2. The number of aryl methyl sites for hydroxylation is 1. The van der Waals surface area contributed by atoms with Crippen molar-refractivity contribution in [3.05, 3.63) is 57.5 Å². The molecular formula is C21H22FNO4S. The van der Waals surface area contributed by atoms with Crippen LogP contribution in [0.2, 0.25) is 0 Å². The Hall–Kier alpha value is -2.51. The van der Waals surface area contributed by atoms with E-state index < -0.39 is 11.8 Å². The number of carbonyl (C=O) groups excluding carboxylic acids is 2. The Bertz CT molecular complexity index is 1050. The molecule has 0 saturated carbocycles. The first-order valence-corrected chi connectivity index (χ1v) is 9.76. The summed E-state index contributed by atoms with van der Waals surface area (Å²) in [6.45, 7) is 6.29. The van der Waals surface area contributed by atoms with E-state index in [1.807, 2.05) is 25.3 Å². The number of fused-ring (bicyclic) bond motifs is 1. The maximum atomic E-state index is 14.2. The van der Waals surface area contributed by atoms with Gasteiger partial charge in [0, 0.05) is 46.3 Å². The molecule has 7 heteroatoms. The molecule has 2 aromatic heterocycles. The number of esters is 1. The number of Topliss-reactive ketones (excluding diaryl/α,β-unsaturated/α-hetero) is 1. The average molecular weight is 403 g/mol. The summed E-state index contributed by atoms with van der Waals surface area (Å²) in [5, 5.41) is 0.360. The molecule has 0 amide bonds. The molecule has 3 aromatic rings. The summed E-state index contributed by atoms with van der Waals surface area (Å²) in [6.07, 6.45) is 0. The zero-order valence-electron chi connectivity index (χ0n) is 16.3. The van der Waals surface area contributed by atoms with E-state index in [4.69, 9.17) is 9.47 Å². The van der Waals surface area contributed by atoms with Gasteiger partial charge in [-0.3, -0.25) is 4.79 Å². The summed E-state index contributed by atoms with van der Waals surface area (Å²) in [4.78, 5) is 25.4. The first kappa shape index (κ1) is 20.2. The molecule has 0 bridgehead atoms. The molecule has 148 valence electrons. The highest BCUT2D eigenvalue weighted by molar-refractivity contribution is 7.21. The number of ether oxygens (including phenoxy) is 2. The quantitative estimate of drug-likeness (QED) is 0.425. The molecule has 1 aromatic carbocycles. The third-order valence-electron chi connectivity index (χ3n) is 4.76. The number of carbonyl (C=O) groups is 2. The molecule has 2 heterocycles. The minimum Gasteiger partial charge on any atom is -0.453 e.